The summed E-state index contributed by atoms with van der Waals surface area (Å²) in [6, 6.07) is 13.0. The summed E-state index contributed by atoms with van der Waals surface area (Å²) in [6.45, 7) is 7.13. The average Bonchev–Trinajstić information content (AvgIpc) is 2.51. The molecule has 0 aliphatic rings. The quantitative estimate of drug-likeness (QED) is 0.769. The Hall–Kier alpha value is -1.80. The van der Waals surface area contributed by atoms with Crippen LogP contribution in [0.1, 0.15) is 18.9 Å². The number of benzene rings is 2. The van der Waals surface area contributed by atoms with Crippen molar-refractivity contribution in [1.29, 1.82) is 0 Å². The molecule has 2 rings (SSSR count). The summed E-state index contributed by atoms with van der Waals surface area (Å²) in [5.74, 6) is 0.904. The highest BCUT2D eigenvalue weighted by atomic mass is 16.5. The zero-order valence-corrected chi connectivity index (χ0v) is 12.4. The molecule has 2 aromatic rings. The number of ether oxygens (including phenoxy) is 1. The van der Waals surface area contributed by atoms with Crippen LogP contribution in [0.3, 0.4) is 0 Å². The molecule has 0 heterocycles. The summed E-state index contributed by atoms with van der Waals surface area (Å²) in [6.07, 6.45) is 4.08. The molecule has 0 spiro atoms. The average molecular weight is 269 g/mol. The van der Waals surface area contributed by atoms with Crippen LogP contribution in [0.15, 0.2) is 49.1 Å². The second kappa shape index (κ2) is 7.11. The second-order valence-corrected chi connectivity index (χ2v) is 5.00. The third-order valence-electron chi connectivity index (χ3n) is 3.56. The van der Waals surface area contributed by atoms with Crippen LogP contribution in [0.2, 0.25) is 0 Å². The Labute approximate surface area is 121 Å². The summed E-state index contributed by atoms with van der Waals surface area (Å²) in [5, 5.41) is 6.02. The molecule has 1 atom stereocenters. The van der Waals surface area contributed by atoms with Gasteiger partial charge >= 0.3 is 0 Å². The fourth-order valence-corrected chi connectivity index (χ4v) is 2.43. The third-order valence-corrected chi connectivity index (χ3v) is 3.56. The van der Waals surface area contributed by atoms with Crippen molar-refractivity contribution in [3.05, 3.63) is 54.6 Å². The van der Waals surface area contributed by atoms with Crippen molar-refractivity contribution in [3.63, 3.8) is 0 Å². The van der Waals surface area contributed by atoms with Crippen molar-refractivity contribution in [1.82, 2.24) is 5.32 Å². The van der Waals surface area contributed by atoms with Crippen LogP contribution in [0, 0.1) is 0 Å². The molecule has 0 fully saturated rings. The molecule has 0 saturated carbocycles. The van der Waals surface area contributed by atoms with E-state index in [1.165, 1.54) is 16.3 Å². The molecule has 1 unspecified atom stereocenters. The van der Waals surface area contributed by atoms with E-state index in [2.05, 4.69) is 49.2 Å². The Kier molecular flexibility index (Phi) is 5.19. The molecular weight excluding hydrogens is 246 g/mol. The van der Waals surface area contributed by atoms with Gasteiger partial charge in [-0.15, -0.1) is 6.58 Å². The summed E-state index contributed by atoms with van der Waals surface area (Å²) in [5.41, 5.74) is 1.33. The topological polar surface area (TPSA) is 21.3 Å². The molecular formula is C18H23NO. The molecule has 0 aliphatic carbocycles. The highest BCUT2D eigenvalue weighted by Gasteiger charge is 2.08. The van der Waals surface area contributed by atoms with Crippen molar-refractivity contribution >= 4 is 10.8 Å². The van der Waals surface area contributed by atoms with Crippen LogP contribution in [-0.4, -0.2) is 19.7 Å². The lowest BCUT2D eigenvalue weighted by atomic mass is 9.98. The Bertz CT molecular complexity index is 577. The normalized spacial score (nSPS) is 12.3. The molecule has 0 aromatic heterocycles. The third kappa shape index (κ3) is 3.40. The zero-order chi connectivity index (χ0) is 14.4. The van der Waals surface area contributed by atoms with Crippen LogP contribution < -0.4 is 10.1 Å². The van der Waals surface area contributed by atoms with E-state index in [9.17, 15) is 0 Å². The van der Waals surface area contributed by atoms with Crippen molar-refractivity contribution in [2.45, 2.75) is 25.8 Å². The van der Waals surface area contributed by atoms with Crippen LogP contribution in [-0.2, 0) is 6.42 Å². The van der Waals surface area contributed by atoms with Gasteiger partial charge in [0, 0.05) is 6.04 Å². The molecule has 2 heteroatoms. The highest BCUT2D eigenvalue weighted by Crippen LogP contribution is 2.25. The van der Waals surface area contributed by atoms with Gasteiger partial charge in [-0.05, 0) is 47.9 Å². The Morgan fingerprint density at radius 3 is 2.85 bits per heavy atom. The first-order chi connectivity index (χ1) is 9.78. The van der Waals surface area contributed by atoms with Gasteiger partial charge < -0.3 is 10.1 Å². The summed E-state index contributed by atoms with van der Waals surface area (Å²) < 4.78 is 5.34. The molecule has 0 saturated heterocycles. The SMILES string of the molecule is C=CC(Cc1cccc2ccc(OC)cc12)NCCC. The van der Waals surface area contributed by atoms with Crippen molar-refractivity contribution < 1.29 is 4.74 Å². The van der Waals surface area contributed by atoms with Gasteiger partial charge in [0.05, 0.1) is 7.11 Å². The number of fused-ring (bicyclic) bond motifs is 1. The molecule has 1 N–H and O–H groups in total. The highest BCUT2D eigenvalue weighted by molar-refractivity contribution is 5.87. The fourth-order valence-electron chi connectivity index (χ4n) is 2.43. The smallest absolute Gasteiger partial charge is 0.119 e. The van der Waals surface area contributed by atoms with Crippen molar-refractivity contribution in [2.75, 3.05) is 13.7 Å². The summed E-state index contributed by atoms with van der Waals surface area (Å²) in [7, 11) is 1.71. The van der Waals surface area contributed by atoms with Gasteiger partial charge in [0.15, 0.2) is 0 Å². The number of hydrogen-bond acceptors (Lipinski definition) is 2. The lowest BCUT2D eigenvalue weighted by molar-refractivity contribution is 0.415. The molecule has 0 amide bonds. The first-order valence-corrected chi connectivity index (χ1v) is 7.20. The van der Waals surface area contributed by atoms with Gasteiger partial charge in [-0.2, -0.15) is 0 Å². The molecule has 106 valence electrons. The summed E-state index contributed by atoms with van der Waals surface area (Å²) in [4.78, 5) is 0. The van der Waals surface area contributed by atoms with Gasteiger partial charge in [-0.25, -0.2) is 0 Å². The van der Waals surface area contributed by atoms with Crippen molar-refractivity contribution in [2.24, 2.45) is 0 Å². The van der Waals surface area contributed by atoms with Gasteiger partial charge in [-0.1, -0.05) is 37.3 Å². The van der Waals surface area contributed by atoms with Gasteiger partial charge in [0.25, 0.3) is 0 Å². The Balaban J connectivity index is 2.30. The van der Waals surface area contributed by atoms with Crippen molar-refractivity contribution in [3.8, 4) is 5.75 Å². The fraction of sp³-hybridized carbons (Fsp3) is 0.333. The van der Waals surface area contributed by atoms with Crippen LogP contribution in [0.25, 0.3) is 10.8 Å². The predicted molar refractivity (Wildman–Crippen MR) is 86.5 cm³/mol. The van der Waals surface area contributed by atoms with E-state index in [0.717, 1.165) is 25.1 Å². The largest absolute Gasteiger partial charge is 0.497 e. The zero-order valence-electron chi connectivity index (χ0n) is 12.4. The van der Waals surface area contributed by atoms with Crippen LogP contribution in [0.5, 0.6) is 5.75 Å². The van der Waals surface area contributed by atoms with E-state index in [4.69, 9.17) is 4.74 Å². The minimum atomic E-state index is 0.312. The minimum Gasteiger partial charge on any atom is -0.497 e. The van der Waals surface area contributed by atoms with E-state index < -0.39 is 0 Å². The molecule has 0 bridgehead atoms. The first-order valence-electron chi connectivity index (χ1n) is 7.20. The monoisotopic (exact) mass is 269 g/mol. The maximum absolute atomic E-state index is 5.34. The van der Waals surface area contributed by atoms with Gasteiger partial charge in [0.2, 0.25) is 0 Å². The van der Waals surface area contributed by atoms with E-state index in [1.807, 2.05) is 12.1 Å². The number of rotatable bonds is 7. The van der Waals surface area contributed by atoms with E-state index >= 15 is 0 Å². The van der Waals surface area contributed by atoms with Crippen LogP contribution in [0.4, 0.5) is 0 Å². The number of nitrogens with one attached hydrogen (secondary N) is 1. The molecule has 20 heavy (non-hydrogen) atoms. The lowest BCUT2D eigenvalue weighted by Crippen LogP contribution is -2.29. The molecule has 0 radical (unpaired) electrons. The maximum atomic E-state index is 5.34. The maximum Gasteiger partial charge on any atom is 0.119 e. The number of methoxy groups -OCH3 is 1. The standard InChI is InChI=1S/C18H23NO/c1-4-11-19-16(5-2)12-15-8-6-7-14-9-10-17(20-3)13-18(14)15/h5-10,13,16,19H,2,4,11-12H2,1,3H3. The minimum absolute atomic E-state index is 0.312. The first kappa shape index (κ1) is 14.6. The lowest BCUT2D eigenvalue weighted by Gasteiger charge is -2.16. The summed E-state index contributed by atoms with van der Waals surface area (Å²) >= 11 is 0. The predicted octanol–water partition coefficient (Wildman–Crippen LogP) is 3.95. The van der Waals surface area contributed by atoms with Crippen LogP contribution >= 0.6 is 0 Å². The van der Waals surface area contributed by atoms with E-state index in [0.29, 0.717) is 6.04 Å². The van der Waals surface area contributed by atoms with E-state index in [-0.39, 0.29) is 0 Å². The number of hydrogen-bond donors (Lipinski definition) is 1. The van der Waals surface area contributed by atoms with E-state index in [1.54, 1.807) is 7.11 Å². The second-order valence-electron chi connectivity index (χ2n) is 5.00. The Morgan fingerprint density at radius 1 is 1.30 bits per heavy atom. The molecule has 0 aliphatic heterocycles. The molecule has 2 aromatic carbocycles. The Morgan fingerprint density at radius 2 is 2.15 bits per heavy atom. The van der Waals surface area contributed by atoms with Gasteiger partial charge in [0.1, 0.15) is 5.75 Å². The van der Waals surface area contributed by atoms with Gasteiger partial charge in [-0.3, -0.25) is 0 Å². The molecule has 2 nitrogen and oxygen atoms in total.